The highest BCUT2D eigenvalue weighted by Gasteiger charge is 2.26. The summed E-state index contributed by atoms with van der Waals surface area (Å²) in [5.41, 5.74) is 3.78. The predicted molar refractivity (Wildman–Crippen MR) is 118 cm³/mol. The number of aromatic nitrogens is 1. The van der Waals surface area contributed by atoms with Gasteiger partial charge in [-0.25, -0.2) is 4.98 Å². The van der Waals surface area contributed by atoms with E-state index in [9.17, 15) is 4.79 Å². The van der Waals surface area contributed by atoms with Crippen molar-refractivity contribution < 1.29 is 19.0 Å². The second-order valence-electron chi connectivity index (χ2n) is 7.05. The number of rotatable bonds is 8. The highest BCUT2D eigenvalue weighted by Crippen LogP contribution is 2.36. The summed E-state index contributed by atoms with van der Waals surface area (Å²) in [6.45, 7) is 3.57. The van der Waals surface area contributed by atoms with Gasteiger partial charge < -0.3 is 19.1 Å². The molecule has 30 heavy (non-hydrogen) atoms. The molecule has 6 nitrogen and oxygen atoms in total. The van der Waals surface area contributed by atoms with Crippen molar-refractivity contribution in [3.8, 4) is 22.8 Å². The third kappa shape index (κ3) is 4.63. The highest BCUT2D eigenvalue weighted by molar-refractivity contribution is 7.09. The fourth-order valence-electron chi connectivity index (χ4n) is 3.24. The van der Waals surface area contributed by atoms with Crippen LogP contribution in [-0.4, -0.2) is 44.4 Å². The van der Waals surface area contributed by atoms with Gasteiger partial charge in [-0.2, -0.15) is 0 Å². The average molecular weight is 425 g/mol. The zero-order valence-electron chi connectivity index (χ0n) is 17.1. The van der Waals surface area contributed by atoms with Crippen LogP contribution in [0.5, 0.6) is 11.5 Å². The van der Waals surface area contributed by atoms with Gasteiger partial charge in [-0.1, -0.05) is 17.7 Å². The third-order valence-corrected chi connectivity index (χ3v) is 5.78. The van der Waals surface area contributed by atoms with Crippen LogP contribution in [0.3, 0.4) is 0 Å². The summed E-state index contributed by atoms with van der Waals surface area (Å²) in [5, 5.41) is 3.06. The van der Waals surface area contributed by atoms with Crippen LogP contribution in [0.15, 0.2) is 47.8 Å². The number of anilines is 1. The Bertz CT molecular complexity index is 1020. The molecular formula is C23H24N2O4S. The van der Waals surface area contributed by atoms with Crippen LogP contribution in [0.1, 0.15) is 10.6 Å². The first-order chi connectivity index (χ1) is 14.6. The molecule has 7 heteroatoms. The maximum atomic E-state index is 12.5. The normalized spacial score (nSPS) is 13.1. The van der Waals surface area contributed by atoms with Gasteiger partial charge in [-0.05, 0) is 37.3 Å². The quantitative estimate of drug-likeness (QED) is 0.545. The number of benzene rings is 2. The molecule has 1 amide bonds. The Kier molecular flexibility index (Phi) is 6.30. The molecule has 1 aliphatic heterocycles. The predicted octanol–water partition coefficient (Wildman–Crippen LogP) is 4.11. The Balaban J connectivity index is 1.49. The van der Waals surface area contributed by atoms with Gasteiger partial charge >= 0.3 is 0 Å². The Morgan fingerprint density at radius 3 is 2.80 bits per heavy atom. The van der Waals surface area contributed by atoms with Crippen molar-refractivity contribution in [2.75, 3.05) is 38.4 Å². The smallest absolute Gasteiger partial charge is 0.265 e. The summed E-state index contributed by atoms with van der Waals surface area (Å²) in [6.07, 6.45) is 0.788. The molecule has 2 heterocycles. The van der Waals surface area contributed by atoms with E-state index in [0.29, 0.717) is 25.5 Å². The molecule has 3 aromatic rings. The molecule has 0 bridgehead atoms. The molecule has 0 saturated carbocycles. The van der Waals surface area contributed by atoms with Crippen molar-refractivity contribution in [3.05, 3.63) is 58.4 Å². The second-order valence-corrected chi connectivity index (χ2v) is 7.99. The van der Waals surface area contributed by atoms with Gasteiger partial charge in [0.05, 0.1) is 29.5 Å². The van der Waals surface area contributed by atoms with Crippen LogP contribution in [0, 0.1) is 6.92 Å². The van der Waals surface area contributed by atoms with Gasteiger partial charge in [0.15, 0.2) is 6.61 Å². The van der Waals surface area contributed by atoms with Crippen LogP contribution < -0.4 is 14.4 Å². The number of hydrogen-bond acceptors (Lipinski definition) is 6. The molecule has 156 valence electrons. The molecule has 0 spiro atoms. The van der Waals surface area contributed by atoms with E-state index in [1.807, 2.05) is 54.8 Å². The number of ether oxygens (including phenoxy) is 3. The van der Waals surface area contributed by atoms with Gasteiger partial charge in [0, 0.05) is 24.5 Å². The fraction of sp³-hybridized carbons (Fsp3) is 0.304. The summed E-state index contributed by atoms with van der Waals surface area (Å²) in [6, 6.07) is 13.7. The van der Waals surface area contributed by atoms with Crippen molar-refractivity contribution in [2.24, 2.45) is 0 Å². The third-order valence-electron chi connectivity index (χ3n) is 4.87. The lowest BCUT2D eigenvalue weighted by Gasteiger charge is -2.29. The van der Waals surface area contributed by atoms with E-state index >= 15 is 0 Å². The van der Waals surface area contributed by atoms with E-state index in [1.54, 1.807) is 23.3 Å². The molecule has 0 aliphatic carbocycles. The lowest BCUT2D eigenvalue weighted by molar-refractivity contribution is -0.121. The molecular weight excluding hydrogens is 400 g/mol. The number of hydrogen-bond donors (Lipinski definition) is 0. The molecule has 1 aromatic heterocycles. The zero-order valence-corrected chi connectivity index (χ0v) is 17.9. The molecule has 0 fully saturated rings. The highest BCUT2D eigenvalue weighted by atomic mass is 32.1. The van der Waals surface area contributed by atoms with Crippen molar-refractivity contribution in [3.63, 3.8) is 0 Å². The first-order valence-corrected chi connectivity index (χ1v) is 10.7. The molecule has 1 aliphatic rings. The number of carbonyl (C=O) groups excluding carboxylic acids is 1. The van der Waals surface area contributed by atoms with Gasteiger partial charge in [0.2, 0.25) is 0 Å². The summed E-state index contributed by atoms with van der Waals surface area (Å²) in [5.74, 6) is 1.41. The Labute approximate surface area is 180 Å². The molecule has 0 atom stereocenters. The van der Waals surface area contributed by atoms with Crippen molar-refractivity contribution in [1.29, 1.82) is 0 Å². The minimum atomic E-state index is -0.0776. The lowest BCUT2D eigenvalue weighted by Crippen LogP contribution is -2.41. The van der Waals surface area contributed by atoms with E-state index < -0.39 is 0 Å². The standard InChI is InChI=1S/C23H24N2O4S/c1-16-3-6-18(7-4-16)28-12-10-25-20-13-17(5-8-21(20)29-14-23(25)26)19-15-30-22(24-19)9-11-27-2/h3-8,13,15H,9-12,14H2,1-2H3. The number of carbonyl (C=O) groups is 1. The van der Waals surface area contributed by atoms with Crippen molar-refractivity contribution in [1.82, 2.24) is 4.98 Å². The van der Waals surface area contributed by atoms with Gasteiger partial charge in [-0.15, -0.1) is 11.3 Å². The number of aryl methyl sites for hydroxylation is 1. The Hall–Kier alpha value is -2.90. The van der Waals surface area contributed by atoms with Crippen LogP contribution in [0.4, 0.5) is 5.69 Å². The molecule has 0 saturated heterocycles. The topological polar surface area (TPSA) is 60.9 Å². The van der Waals surface area contributed by atoms with Crippen molar-refractivity contribution >= 4 is 22.9 Å². The van der Waals surface area contributed by atoms with Crippen LogP contribution >= 0.6 is 11.3 Å². The van der Waals surface area contributed by atoms with E-state index in [1.165, 1.54) is 5.56 Å². The first-order valence-electron chi connectivity index (χ1n) is 9.84. The summed E-state index contributed by atoms with van der Waals surface area (Å²) < 4.78 is 16.6. The SMILES string of the molecule is COCCc1nc(-c2ccc3c(c2)N(CCOc2ccc(C)cc2)C(=O)CO3)cs1. The minimum absolute atomic E-state index is 0.0365. The van der Waals surface area contributed by atoms with Gasteiger partial charge in [0.25, 0.3) is 5.91 Å². The monoisotopic (exact) mass is 424 g/mol. The molecule has 2 aromatic carbocycles. The van der Waals surface area contributed by atoms with Crippen LogP contribution in [-0.2, 0) is 16.0 Å². The summed E-state index contributed by atoms with van der Waals surface area (Å²) in [7, 11) is 1.69. The van der Waals surface area contributed by atoms with Gasteiger partial charge in [0.1, 0.15) is 18.1 Å². The maximum Gasteiger partial charge on any atom is 0.265 e. The van der Waals surface area contributed by atoms with Crippen LogP contribution in [0.25, 0.3) is 11.3 Å². The molecule has 0 radical (unpaired) electrons. The molecule has 4 rings (SSSR count). The first kappa shape index (κ1) is 20.4. The lowest BCUT2D eigenvalue weighted by atomic mass is 10.1. The largest absolute Gasteiger partial charge is 0.492 e. The number of nitrogens with zero attached hydrogens (tertiary/aromatic N) is 2. The van der Waals surface area contributed by atoms with Crippen LogP contribution in [0.2, 0.25) is 0 Å². The molecule has 0 N–H and O–H groups in total. The minimum Gasteiger partial charge on any atom is -0.492 e. The zero-order chi connectivity index (χ0) is 20.9. The van der Waals surface area contributed by atoms with Crippen molar-refractivity contribution in [2.45, 2.75) is 13.3 Å². The van der Waals surface area contributed by atoms with Gasteiger partial charge in [-0.3, -0.25) is 4.79 Å². The molecule has 0 unspecified atom stereocenters. The van der Waals surface area contributed by atoms with E-state index in [0.717, 1.165) is 34.1 Å². The average Bonchev–Trinajstić information content (AvgIpc) is 3.24. The number of fused-ring (bicyclic) bond motifs is 1. The maximum absolute atomic E-state index is 12.5. The fourth-order valence-corrected chi connectivity index (χ4v) is 4.03. The number of methoxy groups -OCH3 is 1. The van der Waals surface area contributed by atoms with E-state index in [2.05, 4.69) is 4.98 Å². The number of thiazole rings is 1. The van der Waals surface area contributed by atoms with E-state index in [4.69, 9.17) is 14.2 Å². The summed E-state index contributed by atoms with van der Waals surface area (Å²) >= 11 is 1.61. The Morgan fingerprint density at radius 1 is 1.17 bits per heavy atom. The second kappa shape index (κ2) is 9.28. The Morgan fingerprint density at radius 2 is 2.00 bits per heavy atom. The van der Waals surface area contributed by atoms with E-state index in [-0.39, 0.29) is 12.5 Å². The summed E-state index contributed by atoms with van der Waals surface area (Å²) in [4.78, 5) is 19.0. The number of amides is 1.